The summed E-state index contributed by atoms with van der Waals surface area (Å²) in [6.07, 6.45) is 0. The second-order valence-corrected chi connectivity index (χ2v) is 5.74. The molecule has 0 atom stereocenters. The zero-order valence-electron chi connectivity index (χ0n) is 8.98. The summed E-state index contributed by atoms with van der Waals surface area (Å²) >= 11 is 0.942. The van der Waals surface area contributed by atoms with Crippen molar-refractivity contribution < 1.29 is 17.7 Å². The molecule has 2 rings (SSSR count). The van der Waals surface area contributed by atoms with E-state index >= 15 is 0 Å². The van der Waals surface area contributed by atoms with Crippen molar-refractivity contribution in [1.82, 2.24) is 10.2 Å². The van der Waals surface area contributed by atoms with Gasteiger partial charge in [0.15, 0.2) is 0 Å². The number of halogens is 1. The number of benzene rings is 1. The monoisotopic (exact) mass is 304 g/mol. The van der Waals surface area contributed by atoms with Crippen LogP contribution >= 0.6 is 11.3 Å². The molecule has 100 valence electrons. The highest BCUT2D eigenvalue weighted by Crippen LogP contribution is 2.22. The molecule has 0 saturated carbocycles. The first-order chi connectivity index (χ1) is 8.90. The van der Waals surface area contributed by atoms with Crippen molar-refractivity contribution in [3.05, 3.63) is 39.6 Å². The molecule has 1 aromatic heterocycles. The Hall–Kier alpha value is -2.14. The number of nitrogens with zero attached hydrogens (tertiary/aromatic N) is 3. The quantitative estimate of drug-likeness (QED) is 0.674. The largest absolute Gasteiger partial charge is 0.304 e. The van der Waals surface area contributed by atoms with Gasteiger partial charge in [0.25, 0.3) is 10.0 Å². The second-order valence-electron chi connectivity index (χ2n) is 3.22. The van der Waals surface area contributed by atoms with Crippen LogP contribution in [0.4, 0.5) is 15.2 Å². The first-order valence-electron chi connectivity index (χ1n) is 4.63. The average molecular weight is 304 g/mol. The van der Waals surface area contributed by atoms with Crippen LogP contribution < -0.4 is 4.72 Å². The van der Waals surface area contributed by atoms with Crippen LogP contribution in [0.25, 0.3) is 0 Å². The molecule has 8 nitrogen and oxygen atoms in total. The molecule has 0 amide bonds. The molecule has 0 spiro atoms. The van der Waals surface area contributed by atoms with Crippen LogP contribution in [0.1, 0.15) is 0 Å². The lowest BCUT2D eigenvalue weighted by Gasteiger charge is -2.04. The van der Waals surface area contributed by atoms with Crippen LogP contribution in [-0.2, 0) is 10.0 Å². The Labute approximate surface area is 110 Å². The molecule has 0 bridgehead atoms. The fourth-order valence-electron chi connectivity index (χ4n) is 1.19. The van der Waals surface area contributed by atoms with Crippen molar-refractivity contribution in [1.29, 1.82) is 0 Å². The number of nitro benzene ring substituents is 1. The highest BCUT2D eigenvalue weighted by Gasteiger charge is 2.21. The molecule has 1 heterocycles. The lowest BCUT2D eigenvalue weighted by molar-refractivity contribution is -0.387. The Morgan fingerprint density at radius 1 is 1.42 bits per heavy atom. The van der Waals surface area contributed by atoms with Gasteiger partial charge in [-0.2, -0.15) is 4.39 Å². The van der Waals surface area contributed by atoms with E-state index in [2.05, 4.69) is 14.9 Å². The van der Waals surface area contributed by atoms with E-state index in [9.17, 15) is 22.9 Å². The van der Waals surface area contributed by atoms with Gasteiger partial charge in [-0.05, 0) is 6.07 Å². The second kappa shape index (κ2) is 4.85. The molecule has 0 aliphatic carbocycles. The highest BCUT2D eigenvalue weighted by molar-refractivity contribution is 7.93. The third-order valence-electron chi connectivity index (χ3n) is 2.01. The van der Waals surface area contributed by atoms with E-state index in [1.54, 1.807) is 0 Å². The Kier molecular flexibility index (Phi) is 3.40. The molecule has 1 N–H and O–H groups in total. The first-order valence-corrected chi connectivity index (χ1v) is 6.99. The minimum atomic E-state index is -4.05. The van der Waals surface area contributed by atoms with Gasteiger partial charge in [-0.15, -0.1) is 10.2 Å². The third kappa shape index (κ3) is 2.82. The maximum absolute atomic E-state index is 13.4. The normalized spacial score (nSPS) is 11.2. The molecule has 0 aliphatic rings. The van der Waals surface area contributed by atoms with Crippen LogP contribution in [0, 0.1) is 15.9 Å². The predicted octanol–water partition coefficient (Wildman–Crippen LogP) is 1.39. The Bertz CT molecular complexity index is 716. The van der Waals surface area contributed by atoms with Gasteiger partial charge in [0.05, 0.1) is 9.82 Å². The minimum Gasteiger partial charge on any atom is -0.258 e. The van der Waals surface area contributed by atoms with Gasteiger partial charge in [0.1, 0.15) is 5.51 Å². The average Bonchev–Trinajstić information content (AvgIpc) is 2.80. The van der Waals surface area contributed by atoms with Crippen LogP contribution in [0.2, 0.25) is 0 Å². The number of aromatic nitrogens is 2. The van der Waals surface area contributed by atoms with Crippen molar-refractivity contribution in [3.63, 3.8) is 0 Å². The van der Waals surface area contributed by atoms with E-state index in [1.807, 2.05) is 0 Å². The Morgan fingerprint density at radius 3 is 2.68 bits per heavy atom. The van der Waals surface area contributed by atoms with Crippen LogP contribution in [0.3, 0.4) is 0 Å². The van der Waals surface area contributed by atoms with E-state index in [-0.39, 0.29) is 5.13 Å². The molecule has 11 heteroatoms. The van der Waals surface area contributed by atoms with Crippen LogP contribution in [-0.4, -0.2) is 23.5 Å². The van der Waals surface area contributed by atoms with Crippen LogP contribution in [0.5, 0.6) is 0 Å². The fraction of sp³-hybridized carbons (Fsp3) is 0. The van der Waals surface area contributed by atoms with Crippen molar-refractivity contribution in [2.24, 2.45) is 0 Å². The molecule has 19 heavy (non-hydrogen) atoms. The van der Waals surface area contributed by atoms with Gasteiger partial charge in [-0.3, -0.25) is 14.8 Å². The summed E-state index contributed by atoms with van der Waals surface area (Å²) in [5.74, 6) is -1.23. The van der Waals surface area contributed by atoms with Crippen LogP contribution in [0.15, 0.2) is 28.6 Å². The van der Waals surface area contributed by atoms with E-state index in [0.29, 0.717) is 6.07 Å². The highest BCUT2D eigenvalue weighted by atomic mass is 32.2. The molecule has 0 fully saturated rings. The fourth-order valence-corrected chi connectivity index (χ4v) is 2.90. The molecular formula is C8H5FN4O4S2. The number of nitrogens with one attached hydrogen (secondary N) is 1. The maximum Gasteiger partial charge on any atom is 0.304 e. The molecular weight excluding hydrogens is 299 g/mol. The molecule has 1 aromatic carbocycles. The summed E-state index contributed by atoms with van der Waals surface area (Å²) in [6.45, 7) is 0. The van der Waals surface area contributed by atoms with E-state index in [0.717, 1.165) is 23.5 Å². The maximum atomic E-state index is 13.4. The number of hydrogen-bond donors (Lipinski definition) is 1. The molecule has 0 radical (unpaired) electrons. The molecule has 0 unspecified atom stereocenters. The molecule has 2 aromatic rings. The summed E-state index contributed by atoms with van der Waals surface area (Å²) in [7, 11) is -4.05. The summed E-state index contributed by atoms with van der Waals surface area (Å²) in [4.78, 5) is 9.04. The lowest BCUT2D eigenvalue weighted by atomic mass is 10.3. The topological polar surface area (TPSA) is 115 Å². The third-order valence-corrected chi connectivity index (χ3v) is 4.08. The van der Waals surface area contributed by atoms with Gasteiger partial charge in [0.2, 0.25) is 10.9 Å². The number of nitro groups is 1. The van der Waals surface area contributed by atoms with E-state index in [4.69, 9.17) is 0 Å². The Morgan fingerprint density at radius 2 is 2.16 bits per heavy atom. The molecule has 0 aliphatic heterocycles. The SMILES string of the molecule is O=[N+]([O-])c1ccc(S(=O)(=O)Nc2nncs2)cc1F. The van der Waals surface area contributed by atoms with Gasteiger partial charge in [-0.25, -0.2) is 8.42 Å². The van der Waals surface area contributed by atoms with E-state index < -0.39 is 31.3 Å². The zero-order chi connectivity index (χ0) is 14.0. The number of rotatable bonds is 4. The lowest BCUT2D eigenvalue weighted by Crippen LogP contribution is -2.13. The van der Waals surface area contributed by atoms with Gasteiger partial charge >= 0.3 is 5.69 Å². The summed E-state index contributed by atoms with van der Waals surface area (Å²) in [5, 5.41) is 17.3. The van der Waals surface area contributed by atoms with Crippen molar-refractivity contribution in [2.75, 3.05) is 4.72 Å². The predicted molar refractivity (Wildman–Crippen MR) is 63.8 cm³/mol. The van der Waals surface area contributed by atoms with Crippen molar-refractivity contribution in [2.45, 2.75) is 4.90 Å². The van der Waals surface area contributed by atoms with Crippen molar-refractivity contribution in [3.8, 4) is 0 Å². The standard InChI is InChI=1S/C8H5FN4O4S2/c9-6-3-5(1-2-7(6)13(14)15)19(16,17)12-8-11-10-4-18-8/h1-4H,(H,11,12). The smallest absolute Gasteiger partial charge is 0.258 e. The number of hydrogen-bond acceptors (Lipinski definition) is 7. The number of sulfonamides is 1. The van der Waals surface area contributed by atoms with Crippen molar-refractivity contribution >= 4 is 32.2 Å². The van der Waals surface area contributed by atoms with E-state index in [1.165, 1.54) is 5.51 Å². The zero-order valence-corrected chi connectivity index (χ0v) is 10.6. The van der Waals surface area contributed by atoms with Gasteiger partial charge in [0, 0.05) is 12.1 Å². The van der Waals surface area contributed by atoms with Gasteiger partial charge in [-0.1, -0.05) is 11.3 Å². The summed E-state index contributed by atoms with van der Waals surface area (Å²) in [6, 6.07) is 2.29. The number of anilines is 1. The minimum absolute atomic E-state index is 0.0127. The summed E-state index contributed by atoms with van der Waals surface area (Å²) < 4.78 is 39.1. The molecule has 0 saturated heterocycles. The van der Waals surface area contributed by atoms with Gasteiger partial charge < -0.3 is 0 Å². The first kappa shape index (κ1) is 13.3. The summed E-state index contributed by atoms with van der Waals surface area (Å²) in [5.41, 5.74) is 0.517. The Balaban J connectivity index is 2.36.